The van der Waals surface area contributed by atoms with Crippen molar-refractivity contribution in [2.24, 2.45) is 0 Å². The Morgan fingerprint density at radius 3 is 2.95 bits per heavy atom. The number of rotatable bonds is 2. The van der Waals surface area contributed by atoms with Crippen LogP contribution in [0.3, 0.4) is 0 Å². The van der Waals surface area contributed by atoms with Crippen LogP contribution in [0, 0.1) is 6.92 Å². The van der Waals surface area contributed by atoms with E-state index >= 15 is 0 Å². The molecule has 1 unspecified atom stereocenters. The van der Waals surface area contributed by atoms with Gasteiger partial charge in [0.15, 0.2) is 0 Å². The lowest BCUT2D eigenvalue weighted by Crippen LogP contribution is -2.08. The Labute approximate surface area is 121 Å². The van der Waals surface area contributed by atoms with Gasteiger partial charge in [0.1, 0.15) is 4.60 Å². The second kappa shape index (κ2) is 4.85. The number of nitrogens with two attached hydrogens (primary N) is 1. The largest absolute Gasteiger partial charge is 0.399 e. The molecule has 0 aliphatic heterocycles. The predicted molar refractivity (Wildman–Crippen MR) is 82.2 cm³/mol. The van der Waals surface area contributed by atoms with Crippen molar-refractivity contribution >= 4 is 27.3 Å². The molecule has 3 nitrogen and oxygen atoms in total. The first-order valence-corrected chi connectivity index (χ1v) is 7.21. The molecule has 1 aliphatic rings. The molecule has 1 aromatic carbocycles. The van der Waals surface area contributed by atoms with E-state index in [-0.39, 0.29) is 0 Å². The van der Waals surface area contributed by atoms with Crippen molar-refractivity contribution in [3.05, 3.63) is 51.8 Å². The molecule has 98 valence electrons. The van der Waals surface area contributed by atoms with Gasteiger partial charge in [0.2, 0.25) is 0 Å². The van der Waals surface area contributed by atoms with E-state index in [1.54, 1.807) is 0 Å². The normalized spacial score (nSPS) is 17.3. The molecule has 1 aromatic heterocycles. The van der Waals surface area contributed by atoms with Gasteiger partial charge >= 0.3 is 0 Å². The highest BCUT2D eigenvalue weighted by Crippen LogP contribution is 2.35. The Bertz CT molecular complexity index is 625. The number of aromatic nitrogens is 1. The summed E-state index contributed by atoms with van der Waals surface area (Å²) >= 11 is 3.39. The number of nitrogen functional groups attached to an aromatic ring is 1. The molecule has 2 aromatic rings. The smallest absolute Gasteiger partial charge is 0.106 e. The van der Waals surface area contributed by atoms with Crippen molar-refractivity contribution in [3.63, 3.8) is 0 Å². The van der Waals surface area contributed by atoms with Crippen LogP contribution in [0.25, 0.3) is 0 Å². The van der Waals surface area contributed by atoms with Crippen molar-refractivity contribution in [2.45, 2.75) is 25.8 Å². The molecule has 1 heterocycles. The fourth-order valence-electron chi connectivity index (χ4n) is 2.66. The minimum Gasteiger partial charge on any atom is -0.399 e. The van der Waals surface area contributed by atoms with Crippen LogP contribution < -0.4 is 11.1 Å². The predicted octanol–water partition coefficient (Wildman–Crippen LogP) is 3.83. The van der Waals surface area contributed by atoms with Crippen molar-refractivity contribution < 1.29 is 0 Å². The van der Waals surface area contributed by atoms with Gasteiger partial charge in [-0.05, 0) is 71.1 Å². The van der Waals surface area contributed by atoms with E-state index in [4.69, 9.17) is 5.73 Å². The first-order chi connectivity index (χ1) is 9.13. The number of anilines is 2. The SMILES string of the molecule is Cc1nc(Br)ccc1NC1CCc2cc(N)ccc21. The third-order valence-corrected chi connectivity index (χ3v) is 4.07. The number of hydrogen-bond donors (Lipinski definition) is 2. The number of halogens is 1. The molecule has 19 heavy (non-hydrogen) atoms. The molecule has 0 bridgehead atoms. The Kier molecular flexibility index (Phi) is 3.19. The van der Waals surface area contributed by atoms with Crippen LogP contribution in [0.2, 0.25) is 0 Å². The van der Waals surface area contributed by atoms with Crippen molar-refractivity contribution in [3.8, 4) is 0 Å². The zero-order valence-corrected chi connectivity index (χ0v) is 12.4. The maximum atomic E-state index is 5.83. The third kappa shape index (κ3) is 2.45. The van der Waals surface area contributed by atoms with Crippen LogP contribution in [0.4, 0.5) is 11.4 Å². The fraction of sp³-hybridized carbons (Fsp3) is 0.267. The van der Waals surface area contributed by atoms with Gasteiger partial charge in [-0.15, -0.1) is 0 Å². The van der Waals surface area contributed by atoms with Gasteiger partial charge in [-0.2, -0.15) is 0 Å². The molecule has 0 amide bonds. The summed E-state index contributed by atoms with van der Waals surface area (Å²) in [4.78, 5) is 4.42. The van der Waals surface area contributed by atoms with Crippen LogP contribution in [0.15, 0.2) is 34.9 Å². The van der Waals surface area contributed by atoms with Crippen LogP contribution in [-0.4, -0.2) is 4.98 Å². The summed E-state index contributed by atoms with van der Waals surface area (Å²) in [5.74, 6) is 0. The van der Waals surface area contributed by atoms with E-state index in [9.17, 15) is 0 Å². The van der Waals surface area contributed by atoms with Gasteiger partial charge < -0.3 is 11.1 Å². The zero-order valence-electron chi connectivity index (χ0n) is 10.8. The number of fused-ring (bicyclic) bond motifs is 1. The van der Waals surface area contributed by atoms with Crippen LogP contribution in [0.5, 0.6) is 0 Å². The van der Waals surface area contributed by atoms with E-state index in [1.165, 1.54) is 11.1 Å². The molecule has 0 saturated heterocycles. The minimum atomic E-state index is 0.359. The molecule has 3 rings (SSSR count). The number of aryl methyl sites for hydroxylation is 2. The Balaban J connectivity index is 1.86. The average molecular weight is 318 g/mol. The molecule has 1 aliphatic carbocycles. The van der Waals surface area contributed by atoms with Crippen molar-refractivity contribution in [1.29, 1.82) is 0 Å². The average Bonchev–Trinajstić information content (AvgIpc) is 2.75. The summed E-state index contributed by atoms with van der Waals surface area (Å²) in [6.45, 7) is 2.02. The van der Waals surface area contributed by atoms with Crippen LogP contribution in [-0.2, 0) is 6.42 Å². The Morgan fingerprint density at radius 1 is 1.32 bits per heavy atom. The summed E-state index contributed by atoms with van der Waals surface area (Å²) in [5.41, 5.74) is 11.5. The van der Waals surface area contributed by atoms with Gasteiger partial charge in [-0.1, -0.05) is 6.07 Å². The lowest BCUT2D eigenvalue weighted by atomic mass is 10.1. The second-order valence-corrected chi connectivity index (χ2v) is 5.77. The molecule has 3 N–H and O–H groups in total. The molecule has 0 radical (unpaired) electrons. The summed E-state index contributed by atoms with van der Waals surface area (Å²) in [6.07, 6.45) is 2.19. The first kappa shape index (κ1) is 12.5. The molecular formula is C15H16BrN3. The topological polar surface area (TPSA) is 50.9 Å². The number of pyridine rings is 1. The van der Waals surface area contributed by atoms with E-state index in [1.807, 2.05) is 19.1 Å². The lowest BCUT2D eigenvalue weighted by Gasteiger charge is -2.17. The summed E-state index contributed by atoms with van der Waals surface area (Å²) in [5, 5.41) is 3.59. The van der Waals surface area contributed by atoms with Gasteiger partial charge in [0.05, 0.1) is 17.4 Å². The van der Waals surface area contributed by atoms with Crippen molar-refractivity contribution in [1.82, 2.24) is 4.98 Å². The number of nitrogens with zero attached hydrogens (tertiary/aromatic N) is 1. The minimum absolute atomic E-state index is 0.359. The Hall–Kier alpha value is -1.55. The summed E-state index contributed by atoms with van der Waals surface area (Å²) < 4.78 is 0.871. The first-order valence-electron chi connectivity index (χ1n) is 6.41. The number of benzene rings is 1. The molecule has 4 heteroatoms. The van der Waals surface area contributed by atoms with Gasteiger partial charge in [-0.25, -0.2) is 4.98 Å². The molecule has 0 fully saturated rings. The van der Waals surface area contributed by atoms with Crippen LogP contribution >= 0.6 is 15.9 Å². The number of hydrogen-bond acceptors (Lipinski definition) is 3. The van der Waals surface area contributed by atoms with Gasteiger partial charge in [0, 0.05) is 5.69 Å². The lowest BCUT2D eigenvalue weighted by molar-refractivity contribution is 0.760. The van der Waals surface area contributed by atoms with E-state index < -0.39 is 0 Å². The molecule has 1 atom stereocenters. The standard InChI is InChI=1S/C15H16BrN3/c1-9-13(6-7-15(16)18-9)19-14-5-2-10-8-11(17)3-4-12(10)14/h3-4,6-8,14,19H,2,5,17H2,1H3. The zero-order chi connectivity index (χ0) is 13.4. The maximum Gasteiger partial charge on any atom is 0.106 e. The summed E-state index contributed by atoms with van der Waals surface area (Å²) in [7, 11) is 0. The maximum absolute atomic E-state index is 5.83. The quantitative estimate of drug-likeness (QED) is 0.653. The van der Waals surface area contributed by atoms with E-state index in [0.29, 0.717) is 6.04 Å². The molecule has 0 spiro atoms. The van der Waals surface area contributed by atoms with Crippen molar-refractivity contribution in [2.75, 3.05) is 11.1 Å². The fourth-order valence-corrected chi connectivity index (χ4v) is 3.06. The highest BCUT2D eigenvalue weighted by atomic mass is 79.9. The Morgan fingerprint density at radius 2 is 2.16 bits per heavy atom. The second-order valence-electron chi connectivity index (χ2n) is 4.96. The van der Waals surface area contributed by atoms with Gasteiger partial charge in [0.25, 0.3) is 0 Å². The molecule has 0 saturated carbocycles. The van der Waals surface area contributed by atoms with Gasteiger partial charge in [-0.3, -0.25) is 0 Å². The molecular weight excluding hydrogens is 302 g/mol. The summed E-state index contributed by atoms with van der Waals surface area (Å²) in [6, 6.07) is 10.6. The van der Waals surface area contributed by atoms with Crippen LogP contribution in [0.1, 0.15) is 29.3 Å². The highest BCUT2D eigenvalue weighted by Gasteiger charge is 2.22. The number of nitrogens with one attached hydrogen (secondary N) is 1. The van der Waals surface area contributed by atoms with E-state index in [2.05, 4.69) is 44.4 Å². The third-order valence-electron chi connectivity index (χ3n) is 3.63. The monoisotopic (exact) mass is 317 g/mol. The highest BCUT2D eigenvalue weighted by molar-refractivity contribution is 9.10. The van der Waals surface area contributed by atoms with E-state index in [0.717, 1.165) is 34.5 Å².